The predicted octanol–water partition coefficient (Wildman–Crippen LogP) is 6.94. The zero-order valence-corrected chi connectivity index (χ0v) is 20.8. The van der Waals surface area contributed by atoms with Gasteiger partial charge in [-0.15, -0.1) is 0 Å². The summed E-state index contributed by atoms with van der Waals surface area (Å²) in [5.41, 5.74) is 10.9. The van der Waals surface area contributed by atoms with Crippen LogP contribution < -0.4 is 14.2 Å². The highest BCUT2D eigenvalue weighted by molar-refractivity contribution is 6.11. The van der Waals surface area contributed by atoms with Gasteiger partial charge >= 0.3 is 0 Å². The van der Waals surface area contributed by atoms with Crippen LogP contribution in [-0.2, 0) is 0 Å². The molecule has 1 heterocycles. The van der Waals surface area contributed by atoms with Crippen LogP contribution in [0.5, 0.6) is 5.75 Å². The number of ether oxygens (including phenoxy) is 1. The lowest BCUT2D eigenvalue weighted by Gasteiger charge is -2.20. The summed E-state index contributed by atoms with van der Waals surface area (Å²) in [7, 11) is 5.95. The van der Waals surface area contributed by atoms with Crippen LogP contribution in [0.4, 0.5) is 5.69 Å². The highest BCUT2D eigenvalue weighted by Crippen LogP contribution is 2.43. The van der Waals surface area contributed by atoms with Gasteiger partial charge in [0.15, 0.2) is 0 Å². The fourth-order valence-electron chi connectivity index (χ4n) is 5.28. The van der Waals surface area contributed by atoms with Crippen molar-refractivity contribution in [2.75, 3.05) is 26.1 Å². The summed E-state index contributed by atoms with van der Waals surface area (Å²) in [6.45, 7) is 6.60. The summed E-state index contributed by atoms with van der Waals surface area (Å²) in [5.74, 6) is 0.883. The van der Waals surface area contributed by atoms with Crippen LogP contribution in [0.3, 0.4) is 0 Å². The highest BCUT2D eigenvalue weighted by Gasteiger charge is 2.27. The Kier molecular flexibility index (Phi) is 5.49. The zero-order chi connectivity index (χ0) is 24.0. The minimum absolute atomic E-state index is 0.883. The first kappa shape index (κ1) is 22.0. The number of rotatable bonds is 4. The number of nitrogens with zero attached hydrogens (tertiary/aromatic N) is 2. The molecule has 0 amide bonds. The quantitative estimate of drug-likeness (QED) is 0.219. The second-order valence-corrected chi connectivity index (χ2v) is 9.27. The third-order valence-electron chi connectivity index (χ3n) is 6.66. The van der Waals surface area contributed by atoms with Gasteiger partial charge in [0.05, 0.1) is 17.9 Å². The molecule has 0 fully saturated rings. The monoisotopic (exact) mass is 447 g/mol. The lowest BCUT2D eigenvalue weighted by molar-refractivity contribution is -0.537. The molecule has 5 rings (SSSR count). The van der Waals surface area contributed by atoms with Crippen LogP contribution in [0.25, 0.3) is 38.6 Å². The molecule has 0 saturated heterocycles. The van der Waals surface area contributed by atoms with Gasteiger partial charge in [0.1, 0.15) is 5.75 Å². The fourth-order valence-corrected chi connectivity index (χ4v) is 5.28. The first-order chi connectivity index (χ1) is 16.4. The van der Waals surface area contributed by atoms with E-state index in [0.29, 0.717) is 0 Å². The van der Waals surface area contributed by atoms with Crippen LogP contribution in [0, 0.1) is 20.8 Å². The molecule has 4 aromatic carbocycles. The van der Waals surface area contributed by atoms with Gasteiger partial charge in [-0.3, -0.25) is 0 Å². The lowest BCUT2D eigenvalue weighted by atomic mass is 9.88. The summed E-state index contributed by atoms with van der Waals surface area (Å²) in [6.07, 6.45) is 0. The number of pyridine rings is 1. The van der Waals surface area contributed by atoms with Crippen LogP contribution in [0.1, 0.15) is 16.7 Å². The largest absolute Gasteiger partial charge is 0.496 e. The molecular weight excluding hydrogens is 416 g/mol. The number of hydrogen-bond acceptors (Lipinski definition) is 2. The van der Waals surface area contributed by atoms with E-state index in [4.69, 9.17) is 4.74 Å². The van der Waals surface area contributed by atoms with Gasteiger partial charge in [-0.1, -0.05) is 42.0 Å². The average molecular weight is 448 g/mol. The molecule has 34 heavy (non-hydrogen) atoms. The van der Waals surface area contributed by atoms with E-state index in [2.05, 4.69) is 123 Å². The molecule has 3 heteroatoms. The molecule has 170 valence electrons. The summed E-state index contributed by atoms with van der Waals surface area (Å²) in [4.78, 5) is 2.16. The van der Waals surface area contributed by atoms with E-state index < -0.39 is 0 Å². The number of hydrogen-bond donors (Lipinski definition) is 0. The van der Waals surface area contributed by atoms with Crippen LogP contribution in [0.15, 0.2) is 78.9 Å². The van der Waals surface area contributed by atoms with Crippen molar-refractivity contribution >= 4 is 27.5 Å². The average Bonchev–Trinajstić information content (AvgIpc) is 2.82. The Balaban J connectivity index is 2.09. The topological polar surface area (TPSA) is 16.4 Å². The van der Waals surface area contributed by atoms with Crippen molar-refractivity contribution < 1.29 is 9.30 Å². The smallest absolute Gasteiger partial charge is 0.223 e. The van der Waals surface area contributed by atoms with E-state index in [1.165, 1.54) is 44.4 Å². The Morgan fingerprint density at radius 3 is 2.06 bits per heavy atom. The zero-order valence-electron chi connectivity index (χ0n) is 20.8. The van der Waals surface area contributed by atoms with E-state index in [1.807, 2.05) is 0 Å². The summed E-state index contributed by atoms with van der Waals surface area (Å²) >= 11 is 0. The lowest BCUT2D eigenvalue weighted by Crippen LogP contribution is -2.33. The Hall–Kier alpha value is -3.85. The fraction of sp³-hybridized carbons (Fsp3) is 0.194. The molecule has 3 nitrogen and oxygen atoms in total. The van der Waals surface area contributed by atoms with E-state index in [0.717, 1.165) is 22.3 Å². The number of benzene rings is 4. The Morgan fingerprint density at radius 2 is 1.41 bits per heavy atom. The number of aromatic nitrogens is 1. The molecule has 0 aliphatic heterocycles. The molecule has 1 aromatic heterocycles. The molecule has 0 radical (unpaired) electrons. The third-order valence-corrected chi connectivity index (χ3v) is 6.66. The van der Waals surface area contributed by atoms with Crippen molar-refractivity contribution in [2.24, 2.45) is 0 Å². The van der Waals surface area contributed by atoms with E-state index in [9.17, 15) is 0 Å². The molecule has 0 aliphatic carbocycles. The van der Waals surface area contributed by atoms with Gasteiger partial charge in [-0.2, -0.15) is 4.57 Å². The number of methoxy groups -OCH3 is 1. The molecule has 0 aliphatic rings. The molecule has 0 spiro atoms. The number of aryl methyl sites for hydroxylation is 3. The van der Waals surface area contributed by atoms with Crippen molar-refractivity contribution in [3.63, 3.8) is 0 Å². The van der Waals surface area contributed by atoms with E-state index in [1.54, 1.807) is 7.11 Å². The van der Waals surface area contributed by atoms with Crippen LogP contribution in [-0.4, -0.2) is 21.2 Å². The van der Waals surface area contributed by atoms with Gasteiger partial charge in [0.25, 0.3) is 0 Å². The molecule has 0 atom stereocenters. The Labute approximate surface area is 201 Å². The molecular formula is C31H31N2O+. The molecule has 0 saturated carbocycles. The predicted molar refractivity (Wildman–Crippen MR) is 144 cm³/mol. The van der Waals surface area contributed by atoms with Crippen molar-refractivity contribution in [3.05, 3.63) is 95.6 Å². The normalized spacial score (nSPS) is 11.2. The molecule has 0 unspecified atom stereocenters. The minimum atomic E-state index is 0.883. The van der Waals surface area contributed by atoms with Gasteiger partial charge < -0.3 is 9.64 Å². The maximum Gasteiger partial charge on any atom is 0.223 e. The van der Waals surface area contributed by atoms with Gasteiger partial charge in [-0.25, -0.2) is 0 Å². The van der Waals surface area contributed by atoms with Crippen molar-refractivity contribution in [3.8, 4) is 22.6 Å². The summed E-state index contributed by atoms with van der Waals surface area (Å²) in [6, 6.07) is 28.3. The Bertz CT molecular complexity index is 1510. The van der Waals surface area contributed by atoms with Crippen LogP contribution >= 0.6 is 0 Å². The molecule has 0 N–H and O–H groups in total. The van der Waals surface area contributed by atoms with Gasteiger partial charge in [0.2, 0.25) is 16.7 Å². The van der Waals surface area contributed by atoms with E-state index >= 15 is 0 Å². The first-order valence-corrected chi connectivity index (χ1v) is 11.7. The van der Waals surface area contributed by atoms with Gasteiger partial charge in [0, 0.05) is 49.6 Å². The maximum atomic E-state index is 5.99. The third kappa shape index (κ3) is 3.49. The summed E-state index contributed by atoms with van der Waals surface area (Å²) < 4.78 is 8.34. The second kappa shape index (κ2) is 8.49. The van der Waals surface area contributed by atoms with Crippen molar-refractivity contribution in [1.29, 1.82) is 0 Å². The van der Waals surface area contributed by atoms with Crippen molar-refractivity contribution in [2.45, 2.75) is 20.8 Å². The second-order valence-electron chi connectivity index (χ2n) is 9.27. The summed E-state index contributed by atoms with van der Waals surface area (Å²) in [5, 5.41) is 2.34. The van der Waals surface area contributed by atoms with Crippen molar-refractivity contribution in [1.82, 2.24) is 0 Å². The number of para-hydroxylation sites is 1. The highest BCUT2D eigenvalue weighted by atomic mass is 16.5. The van der Waals surface area contributed by atoms with Crippen LogP contribution in [0.2, 0.25) is 0 Å². The Morgan fingerprint density at radius 1 is 0.706 bits per heavy atom. The molecule has 5 aromatic rings. The van der Waals surface area contributed by atoms with Gasteiger partial charge in [-0.05, 0) is 55.7 Å². The minimum Gasteiger partial charge on any atom is -0.496 e. The maximum absolute atomic E-state index is 5.99. The number of fused-ring (bicyclic) bond motifs is 2. The van der Waals surface area contributed by atoms with E-state index in [-0.39, 0.29) is 0 Å². The molecule has 0 bridgehead atoms. The standard InChI is InChI=1S/C31H31N2O/c1-20-17-21(2)29(22(3)18-20)30-25-19-24(32(4)5)15-16-26(25)33(23-11-8-7-9-12-23)27-13-10-14-28(34-6)31(27)30/h7-19H,1-6H3/q+1. The number of anilines is 1. The SMILES string of the molecule is COc1cccc2c1c(-c1c(C)cc(C)cc1C)c1cc(N(C)C)ccc1[n+]2-c1ccccc1. The first-order valence-electron chi connectivity index (χ1n) is 11.7.